The SMILES string of the molecule is CC(C)(C)C1CCN(Cc2ccc(F)c(F)c2)CC1. The van der Waals surface area contributed by atoms with E-state index in [0.717, 1.165) is 24.6 Å². The van der Waals surface area contributed by atoms with Crippen molar-refractivity contribution in [3.8, 4) is 0 Å². The molecule has 0 spiro atoms. The van der Waals surface area contributed by atoms with Crippen LogP contribution in [0.3, 0.4) is 0 Å². The lowest BCUT2D eigenvalue weighted by atomic mass is 9.75. The summed E-state index contributed by atoms with van der Waals surface area (Å²) in [4.78, 5) is 2.33. The first-order chi connectivity index (χ1) is 8.86. The summed E-state index contributed by atoms with van der Waals surface area (Å²) in [5, 5.41) is 0. The first-order valence-corrected chi connectivity index (χ1v) is 7.02. The molecule has 3 heteroatoms. The maximum atomic E-state index is 13.2. The first-order valence-electron chi connectivity index (χ1n) is 7.02. The van der Waals surface area contributed by atoms with E-state index in [1.165, 1.54) is 25.0 Å². The lowest BCUT2D eigenvalue weighted by Gasteiger charge is -2.38. The molecule has 0 aliphatic carbocycles. The normalized spacial score (nSPS) is 18.8. The van der Waals surface area contributed by atoms with E-state index in [1.807, 2.05) is 0 Å². The number of benzene rings is 1. The molecule has 1 saturated heterocycles. The summed E-state index contributed by atoms with van der Waals surface area (Å²) in [7, 11) is 0. The highest BCUT2D eigenvalue weighted by atomic mass is 19.2. The van der Waals surface area contributed by atoms with Gasteiger partial charge < -0.3 is 0 Å². The van der Waals surface area contributed by atoms with Crippen molar-refractivity contribution >= 4 is 0 Å². The largest absolute Gasteiger partial charge is 0.299 e. The predicted octanol–water partition coefficient (Wildman–Crippen LogP) is 4.22. The Labute approximate surface area is 114 Å². The van der Waals surface area contributed by atoms with Crippen molar-refractivity contribution in [1.29, 1.82) is 0 Å². The number of halogens is 2. The minimum absolute atomic E-state index is 0.369. The quantitative estimate of drug-likeness (QED) is 0.775. The van der Waals surface area contributed by atoms with Crippen LogP contribution in [-0.4, -0.2) is 18.0 Å². The molecule has 0 radical (unpaired) electrons. The number of nitrogens with zero attached hydrogens (tertiary/aromatic N) is 1. The van der Waals surface area contributed by atoms with Gasteiger partial charge >= 0.3 is 0 Å². The third-order valence-corrected chi connectivity index (χ3v) is 4.20. The molecule has 1 aliphatic heterocycles. The van der Waals surface area contributed by atoms with E-state index in [-0.39, 0.29) is 0 Å². The Morgan fingerprint density at radius 3 is 2.26 bits per heavy atom. The van der Waals surface area contributed by atoms with Crippen LogP contribution in [0.5, 0.6) is 0 Å². The van der Waals surface area contributed by atoms with E-state index >= 15 is 0 Å². The van der Waals surface area contributed by atoms with Crippen LogP contribution in [0.4, 0.5) is 8.78 Å². The molecular weight excluding hydrogens is 244 g/mol. The zero-order valence-electron chi connectivity index (χ0n) is 12.0. The average Bonchev–Trinajstić information content (AvgIpc) is 2.33. The highest BCUT2D eigenvalue weighted by molar-refractivity contribution is 5.17. The Bertz CT molecular complexity index is 429. The number of piperidine rings is 1. The molecular formula is C16H23F2N. The smallest absolute Gasteiger partial charge is 0.159 e. The van der Waals surface area contributed by atoms with Gasteiger partial charge in [0.05, 0.1) is 0 Å². The van der Waals surface area contributed by atoms with Crippen molar-refractivity contribution < 1.29 is 8.78 Å². The van der Waals surface area contributed by atoms with Gasteiger partial charge in [0.15, 0.2) is 11.6 Å². The average molecular weight is 267 g/mol. The van der Waals surface area contributed by atoms with Crippen molar-refractivity contribution in [2.24, 2.45) is 11.3 Å². The molecule has 19 heavy (non-hydrogen) atoms. The molecule has 0 aromatic heterocycles. The molecule has 0 unspecified atom stereocenters. The molecule has 1 fully saturated rings. The lowest BCUT2D eigenvalue weighted by molar-refractivity contribution is 0.108. The monoisotopic (exact) mass is 267 g/mol. The van der Waals surface area contributed by atoms with Crippen molar-refractivity contribution in [1.82, 2.24) is 4.90 Å². The lowest BCUT2D eigenvalue weighted by Crippen LogP contribution is -2.37. The molecule has 0 N–H and O–H groups in total. The number of likely N-dealkylation sites (tertiary alicyclic amines) is 1. The first kappa shape index (κ1) is 14.4. The fraction of sp³-hybridized carbons (Fsp3) is 0.625. The van der Waals surface area contributed by atoms with E-state index in [1.54, 1.807) is 6.07 Å². The molecule has 0 amide bonds. The maximum Gasteiger partial charge on any atom is 0.159 e. The molecule has 0 saturated carbocycles. The summed E-state index contributed by atoms with van der Waals surface area (Å²) in [6.45, 7) is 9.68. The summed E-state index contributed by atoms with van der Waals surface area (Å²) in [6.07, 6.45) is 2.38. The Kier molecular flexibility index (Phi) is 4.24. The van der Waals surface area contributed by atoms with E-state index in [2.05, 4.69) is 25.7 Å². The van der Waals surface area contributed by atoms with E-state index in [9.17, 15) is 8.78 Å². The van der Waals surface area contributed by atoms with Crippen molar-refractivity contribution in [2.45, 2.75) is 40.2 Å². The third kappa shape index (κ3) is 3.75. The molecule has 0 atom stereocenters. The molecule has 2 rings (SSSR count). The van der Waals surface area contributed by atoms with Gasteiger partial charge in [0.25, 0.3) is 0 Å². The second kappa shape index (κ2) is 5.58. The minimum Gasteiger partial charge on any atom is -0.299 e. The summed E-state index contributed by atoms with van der Waals surface area (Å²) in [5.74, 6) is -0.758. The predicted molar refractivity (Wildman–Crippen MR) is 73.8 cm³/mol. The highest BCUT2D eigenvalue weighted by Gasteiger charge is 2.28. The van der Waals surface area contributed by atoms with Crippen LogP contribution in [-0.2, 0) is 6.54 Å². The fourth-order valence-corrected chi connectivity index (χ4v) is 2.85. The Morgan fingerprint density at radius 1 is 1.11 bits per heavy atom. The summed E-state index contributed by atoms with van der Waals surface area (Å²) in [5.41, 5.74) is 1.22. The van der Waals surface area contributed by atoms with Gasteiger partial charge in [-0.05, 0) is 55.0 Å². The van der Waals surface area contributed by atoms with Crippen LogP contribution < -0.4 is 0 Å². The van der Waals surface area contributed by atoms with Crippen molar-refractivity contribution in [3.63, 3.8) is 0 Å². The summed E-state index contributed by atoms with van der Waals surface area (Å²) in [6, 6.07) is 4.20. The van der Waals surface area contributed by atoms with E-state index in [4.69, 9.17) is 0 Å². The van der Waals surface area contributed by atoms with Gasteiger partial charge in [-0.3, -0.25) is 4.90 Å². The Morgan fingerprint density at radius 2 is 1.74 bits per heavy atom. The van der Waals surface area contributed by atoms with Gasteiger partial charge in [-0.2, -0.15) is 0 Å². The van der Waals surface area contributed by atoms with E-state index < -0.39 is 11.6 Å². The van der Waals surface area contributed by atoms with Gasteiger partial charge in [-0.15, -0.1) is 0 Å². The highest BCUT2D eigenvalue weighted by Crippen LogP contribution is 2.34. The van der Waals surface area contributed by atoms with Gasteiger partial charge in [-0.1, -0.05) is 26.8 Å². The van der Waals surface area contributed by atoms with Gasteiger partial charge in [0, 0.05) is 6.54 Å². The standard InChI is InChI=1S/C16H23F2N/c1-16(2,3)13-6-8-19(9-7-13)11-12-4-5-14(17)15(18)10-12/h4-5,10,13H,6-9,11H2,1-3H3. The van der Waals surface area contributed by atoms with Crippen molar-refractivity contribution in [2.75, 3.05) is 13.1 Å². The van der Waals surface area contributed by atoms with Gasteiger partial charge in [-0.25, -0.2) is 8.78 Å². The molecule has 1 aliphatic rings. The second-order valence-corrected chi connectivity index (χ2v) is 6.66. The van der Waals surface area contributed by atoms with Gasteiger partial charge in [0.2, 0.25) is 0 Å². The molecule has 1 heterocycles. The van der Waals surface area contributed by atoms with Crippen molar-refractivity contribution in [3.05, 3.63) is 35.4 Å². The molecule has 106 valence electrons. The van der Waals surface area contributed by atoms with Crippen LogP contribution in [0, 0.1) is 23.0 Å². The van der Waals surface area contributed by atoms with Crippen LogP contribution in [0.25, 0.3) is 0 Å². The Hall–Kier alpha value is -0.960. The zero-order valence-corrected chi connectivity index (χ0v) is 12.0. The number of hydrogen-bond acceptors (Lipinski definition) is 1. The third-order valence-electron chi connectivity index (χ3n) is 4.20. The maximum absolute atomic E-state index is 13.2. The molecule has 1 nitrogen and oxygen atoms in total. The van der Waals surface area contributed by atoms with Crippen LogP contribution >= 0.6 is 0 Å². The molecule has 0 bridgehead atoms. The zero-order chi connectivity index (χ0) is 14.0. The second-order valence-electron chi connectivity index (χ2n) is 6.66. The Balaban J connectivity index is 1.90. The van der Waals surface area contributed by atoms with Crippen LogP contribution in [0.15, 0.2) is 18.2 Å². The summed E-state index contributed by atoms with van der Waals surface area (Å²) < 4.78 is 26.0. The molecule has 1 aromatic carbocycles. The fourth-order valence-electron chi connectivity index (χ4n) is 2.85. The number of hydrogen-bond donors (Lipinski definition) is 0. The molecule has 1 aromatic rings. The number of rotatable bonds is 2. The summed E-state index contributed by atoms with van der Waals surface area (Å²) >= 11 is 0. The van der Waals surface area contributed by atoms with E-state index in [0.29, 0.717) is 12.0 Å². The van der Waals surface area contributed by atoms with Crippen LogP contribution in [0.2, 0.25) is 0 Å². The minimum atomic E-state index is -0.768. The van der Waals surface area contributed by atoms with Gasteiger partial charge in [0.1, 0.15) is 0 Å². The topological polar surface area (TPSA) is 3.24 Å². The van der Waals surface area contributed by atoms with Crippen LogP contribution in [0.1, 0.15) is 39.2 Å².